The summed E-state index contributed by atoms with van der Waals surface area (Å²) < 4.78 is 7.38. The van der Waals surface area contributed by atoms with E-state index in [1.807, 2.05) is 12.1 Å². The number of nitrogens with zero attached hydrogens (tertiary/aromatic N) is 2. The highest BCUT2D eigenvalue weighted by Gasteiger charge is 2.12. The van der Waals surface area contributed by atoms with Gasteiger partial charge in [-0.1, -0.05) is 44.2 Å². The van der Waals surface area contributed by atoms with E-state index in [-0.39, 0.29) is 0 Å². The molecule has 0 spiro atoms. The van der Waals surface area contributed by atoms with Gasteiger partial charge in [0.05, 0.1) is 16.8 Å². The second-order valence-corrected chi connectivity index (χ2v) is 8.48. The maximum absolute atomic E-state index is 6.17. The number of hydrogen-bond donors (Lipinski definition) is 0. The Balaban J connectivity index is 1.61. The maximum Gasteiger partial charge on any atom is 0.126 e. The van der Waals surface area contributed by atoms with Crippen LogP contribution in [-0.2, 0) is 0 Å². The van der Waals surface area contributed by atoms with Gasteiger partial charge in [-0.05, 0) is 69.6 Å². The highest BCUT2D eigenvalue weighted by atomic mass is 32.1. The minimum atomic E-state index is 0.542. The summed E-state index contributed by atoms with van der Waals surface area (Å²) in [6, 6.07) is 17.0. The fourth-order valence-corrected chi connectivity index (χ4v) is 4.39. The van der Waals surface area contributed by atoms with Crippen molar-refractivity contribution in [3.8, 4) is 5.75 Å². The van der Waals surface area contributed by atoms with Crippen molar-refractivity contribution in [3.63, 3.8) is 0 Å². The summed E-state index contributed by atoms with van der Waals surface area (Å²) in [4.78, 5) is 7.25. The molecule has 154 valence electrons. The largest absolute Gasteiger partial charge is 0.493 e. The fraction of sp³-hybridized carbons (Fsp3) is 0.400. The topological polar surface area (TPSA) is 25.4 Å². The lowest BCUT2D eigenvalue weighted by molar-refractivity contribution is 0.174. The smallest absolute Gasteiger partial charge is 0.126 e. The third kappa shape index (κ3) is 6.15. The van der Waals surface area contributed by atoms with Crippen LogP contribution < -0.4 is 4.74 Å². The van der Waals surface area contributed by atoms with Crippen molar-refractivity contribution >= 4 is 33.7 Å². The van der Waals surface area contributed by atoms with E-state index in [1.54, 1.807) is 11.3 Å². The average Bonchev–Trinajstić information content (AvgIpc) is 3.16. The van der Waals surface area contributed by atoms with Crippen LogP contribution in [0.1, 0.15) is 50.6 Å². The number of rotatable bonds is 11. The second kappa shape index (κ2) is 11.1. The van der Waals surface area contributed by atoms with E-state index >= 15 is 0 Å². The zero-order chi connectivity index (χ0) is 20.5. The van der Waals surface area contributed by atoms with Gasteiger partial charge in [0, 0.05) is 11.6 Å². The molecule has 0 N–H and O–H groups in total. The normalized spacial score (nSPS) is 12.8. The Bertz CT molecular complexity index is 879. The van der Waals surface area contributed by atoms with Gasteiger partial charge < -0.3 is 9.64 Å². The average molecular weight is 409 g/mol. The highest BCUT2D eigenvalue weighted by Crippen LogP contribution is 2.25. The molecule has 0 saturated carbocycles. The standard InChI is InChI=1S/C25H32N2OS/c1-4-17-27(18-5-2)20(3)16-19-28-23-12-8-6-10-21(23)14-15-25-26-22-11-7-9-13-24(22)29-25/h6-15,20H,4-5,16-19H2,1-3H3/b15-14+. The van der Waals surface area contributed by atoms with Gasteiger partial charge in [0.1, 0.15) is 10.8 Å². The molecule has 4 heteroatoms. The van der Waals surface area contributed by atoms with Crippen molar-refractivity contribution in [1.82, 2.24) is 9.88 Å². The predicted molar refractivity (Wildman–Crippen MR) is 127 cm³/mol. The number of para-hydroxylation sites is 2. The number of benzene rings is 2. The van der Waals surface area contributed by atoms with E-state index in [2.05, 4.69) is 79.2 Å². The van der Waals surface area contributed by atoms with Gasteiger partial charge in [-0.15, -0.1) is 11.3 Å². The second-order valence-electron chi connectivity index (χ2n) is 7.41. The molecule has 3 nitrogen and oxygen atoms in total. The molecule has 1 aromatic heterocycles. The first-order valence-corrected chi connectivity index (χ1v) is 11.5. The van der Waals surface area contributed by atoms with Crippen LogP contribution in [0.5, 0.6) is 5.75 Å². The summed E-state index contributed by atoms with van der Waals surface area (Å²) >= 11 is 1.71. The molecule has 2 aromatic carbocycles. The third-order valence-electron chi connectivity index (χ3n) is 5.07. The van der Waals surface area contributed by atoms with Crippen molar-refractivity contribution in [2.24, 2.45) is 0 Å². The van der Waals surface area contributed by atoms with Crippen LogP contribution in [0.15, 0.2) is 48.5 Å². The van der Waals surface area contributed by atoms with Crippen LogP contribution in [0.4, 0.5) is 0 Å². The Morgan fingerprint density at radius 1 is 1.00 bits per heavy atom. The predicted octanol–water partition coefficient (Wildman–Crippen LogP) is 6.75. The zero-order valence-electron chi connectivity index (χ0n) is 17.8. The SMILES string of the molecule is CCCN(CCC)C(C)CCOc1ccccc1/C=C/c1nc2ccccc2s1. The molecule has 1 heterocycles. The fourth-order valence-electron chi connectivity index (χ4n) is 3.52. The first kappa shape index (κ1) is 21.5. The van der Waals surface area contributed by atoms with Crippen LogP contribution in [0.25, 0.3) is 22.4 Å². The van der Waals surface area contributed by atoms with E-state index < -0.39 is 0 Å². The van der Waals surface area contributed by atoms with Crippen LogP contribution >= 0.6 is 11.3 Å². The molecule has 0 saturated heterocycles. The van der Waals surface area contributed by atoms with Crippen LogP contribution in [0.2, 0.25) is 0 Å². The molecule has 0 aliphatic rings. The van der Waals surface area contributed by atoms with Crippen molar-refractivity contribution in [3.05, 3.63) is 59.1 Å². The summed E-state index contributed by atoms with van der Waals surface area (Å²) in [5.74, 6) is 0.939. The molecular weight excluding hydrogens is 376 g/mol. The van der Waals surface area contributed by atoms with E-state index in [9.17, 15) is 0 Å². The van der Waals surface area contributed by atoms with Crippen LogP contribution in [0.3, 0.4) is 0 Å². The van der Waals surface area contributed by atoms with Gasteiger partial charge in [0.2, 0.25) is 0 Å². The Kier molecular flexibility index (Phi) is 8.26. The van der Waals surface area contributed by atoms with E-state index in [0.717, 1.165) is 48.0 Å². The molecule has 3 rings (SSSR count). The number of hydrogen-bond acceptors (Lipinski definition) is 4. The monoisotopic (exact) mass is 408 g/mol. The van der Waals surface area contributed by atoms with Crippen molar-refractivity contribution in [2.75, 3.05) is 19.7 Å². The first-order valence-electron chi connectivity index (χ1n) is 10.7. The summed E-state index contributed by atoms with van der Waals surface area (Å²) in [5, 5.41) is 1.02. The minimum absolute atomic E-state index is 0.542. The molecule has 3 aromatic rings. The molecule has 0 radical (unpaired) electrons. The van der Waals surface area contributed by atoms with Crippen LogP contribution in [0, 0.1) is 0 Å². The van der Waals surface area contributed by atoms with Gasteiger partial charge >= 0.3 is 0 Å². The summed E-state index contributed by atoms with van der Waals surface area (Å²) in [5.41, 5.74) is 2.15. The van der Waals surface area contributed by atoms with Gasteiger partial charge in [-0.3, -0.25) is 0 Å². The number of thiazole rings is 1. The summed E-state index contributed by atoms with van der Waals surface area (Å²) in [6.07, 6.45) is 7.63. The Morgan fingerprint density at radius 2 is 1.72 bits per heavy atom. The molecule has 1 atom stereocenters. The Labute approximate surface area is 179 Å². The van der Waals surface area contributed by atoms with E-state index in [1.165, 1.54) is 17.5 Å². The quantitative estimate of drug-likeness (QED) is 0.351. The maximum atomic E-state index is 6.17. The van der Waals surface area contributed by atoms with Crippen molar-refractivity contribution in [1.29, 1.82) is 0 Å². The first-order chi connectivity index (χ1) is 14.2. The summed E-state index contributed by atoms with van der Waals surface area (Å²) in [7, 11) is 0. The molecule has 0 fully saturated rings. The molecule has 1 unspecified atom stereocenters. The molecule has 0 bridgehead atoms. The number of ether oxygens (including phenoxy) is 1. The Hall–Kier alpha value is -2.17. The molecule has 0 aliphatic heterocycles. The van der Waals surface area contributed by atoms with Crippen molar-refractivity contribution < 1.29 is 4.74 Å². The minimum Gasteiger partial charge on any atom is -0.493 e. The number of fused-ring (bicyclic) bond motifs is 1. The Morgan fingerprint density at radius 3 is 2.48 bits per heavy atom. The highest BCUT2D eigenvalue weighted by molar-refractivity contribution is 7.19. The van der Waals surface area contributed by atoms with Gasteiger partial charge in [-0.25, -0.2) is 4.98 Å². The van der Waals surface area contributed by atoms with Gasteiger partial charge in [-0.2, -0.15) is 0 Å². The lowest BCUT2D eigenvalue weighted by atomic mass is 10.1. The third-order valence-corrected chi connectivity index (χ3v) is 6.07. The molecule has 0 aliphatic carbocycles. The van der Waals surface area contributed by atoms with E-state index in [0.29, 0.717) is 6.04 Å². The van der Waals surface area contributed by atoms with Crippen molar-refractivity contribution in [2.45, 2.75) is 46.1 Å². The summed E-state index contributed by atoms with van der Waals surface area (Å²) in [6.45, 7) is 9.87. The molecular formula is C25H32N2OS. The van der Waals surface area contributed by atoms with Crippen LogP contribution in [-0.4, -0.2) is 35.6 Å². The van der Waals surface area contributed by atoms with E-state index in [4.69, 9.17) is 4.74 Å². The van der Waals surface area contributed by atoms with Gasteiger partial charge in [0.15, 0.2) is 0 Å². The molecule has 29 heavy (non-hydrogen) atoms. The molecule has 0 amide bonds. The lowest BCUT2D eigenvalue weighted by Gasteiger charge is -2.28. The zero-order valence-corrected chi connectivity index (χ0v) is 18.6. The number of aromatic nitrogens is 1. The lowest BCUT2D eigenvalue weighted by Crippen LogP contribution is -2.35. The van der Waals surface area contributed by atoms with Gasteiger partial charge in [0.25, 0.3) is 0 Å².